The number of hydrogen-bond acceptors (Lipinski definition) is 6. The molecule has 2 atom stereocenters. The molecule has 1 N–H and O–H groups in total. The van der Waals surface area contributed by atoms with E-state index in [1.165, 1.54) is 18.4 Å². The number of ether oxygens (including phenoxy) is 1. The van der Waals surface area contributed by atoms with E-state index >= 15 is 0 Å². The Kier molecular flexibility index (Phi) is 6.55. The van der Waals surface area contributed by atoms with Crippen LogP contribution >= 0.6 is 0 Å². The van der Waals surface area contributed by atoms with Crippen molar-refractivity contribution in [2.45, 2.75) is 83.5 Å². The van der Waals surface area contributed by atoms with E-state index in [0.717, 1.165) is 67.5 Å². The van der Waals surface area contributed by atoms with Gasteiger partial charge in [0.25, 0.3) is 5.56 Å². The molecule has 1 saturated carbocycles. The van der Waals surface area contributed by atoms with Crippen molar-refractivity contribution in [2.75, 3.05) is 13.2 Å². The first-order valence-corrected chi connectivity index (χ1v) is 12.4. The Labute approximate surface area is 194 Å². The highest BCUT2D eigenvalue weighted by molar-refractivity contribution is 5.79. The summed E-state index contributed by atoms with van der Waals surface area (Å²) in [6.07, 6.45) is 7.90. The summed E-state index contributed by atoms with van der Waals surface area (Å²) in [5.41, 5.74) is 2.79. The zero-order valence-electron chi connectivity index (χ0n) is 19.7. The number of aromatic amines is 1. The Morgan fingerprint density at radius 3 is 2.82 bits per heavy atom. The molecule has 0 unspecified atom stereocenters. The van der Waals surface area contributed by atoms with Gasteiger partial charge in [-0.2, -0.15) is 0 Å². The molecule has 2 aliphatic rings. The molecule has 3 aromatic rings. The number of aromatic nitrogens is 5. The van der Waals surface area contributed by atoms with E-state index in [4.69, 9.17) is 4.74 Å². The molecule has 3 heterocycles. The molecule has 1 saturated heterocycles. The van der Waals surface area contributed by atoms with E-state index in [9.17, 15) is 4.79 Å². The van der Waals surface area contributed by atoms with Gasteiger partial charge in [-0.15, -0.1) is 5.10 Å². The van der Waals surface area contributed by atoms with Crippen LogP contribution in [0.15, 0.2) is 29.1 Å². The quantitative estimate of drug-likeness (QED) is 0.556. The molecular formula is C25H34N6O2. The number of fused-ring (bicyclic) bond motifs is 1. The molecule has 176 valence electrons. The predicted octanol–water partition coefficient (Wildman–Crippen LogP) is 4.07. The van der Waals surface area contributed by atoms with Crippen molar-refractivity contribution in [3.63, 3.8) is 0 Å². The topological polar surface area (TPSA) is 88.9 Å². The summed E-state index contributed by atoms with van der Waals surface area (Å²) in [7, 11) is 0. The first-order valence-electron chi connectivity index (χ1n) is 12.4. The largest absolute Gasteiger partial charge is 0.377 e. The summed E-state index contributed by atoms with van der Waals surface area (Å²) < 4.78 is 8.05. The van der Waals surface area contributed by atoms with Crippen LogP contribution in [0.25, 0.3) is 10.9 Å². The van der Waals surface area contributed by atoms with E-state index in [0.29, 0.717) is 12.6 Å². The molecule has 0 bridgehead atoms. The lowest BCUT2D eigenvalue weighted by molar-refractivity contribution is 0.0484. The molecule has 33 heavy (non-hydrogen) atoms. The lowest BCUT2D eigenvalue weighted by Gasteiger charge is -2.32. The van der Waals surface area contributed by atoms with Crippen LogP contribution in [-0.4, -0.2) is 49.3 Å². The van der Waals surface area contributed by atoms with Gasteiger partial charge in [-0.3, -0.25) is 9.69 Å². The molecule has 8 heteroatoms. The smallest absolute Gasteiger partial charge is 0.252 e. The van der Waals surface area contributed by atoms with E-state index in [2.05, 4.69) is 50.0 Å². The molecule has 8 nitrogen and oxygen atoms in total. The van der Waals surface area contributed by atoms with Gasteiger partial charge in [0.15, 0.2) is 5.82 Å². The van der Waals surface area contributed by atoms with Crippen molar-refractivity contribution < 1.29 is 4.74 Å². The van der Waals surface area contributed by atoms with E-state index < -0.39 is 0 Å². The zero-order chi connectivity index (χ0) is 22.8. The molecule has 2 fully saturated rings. The highest BCUT2D eigenvalue weighted by atomic mass is 16.5. The minimum absolute atomic E-state index is 0.0254. The van der Waals surface area contributed by atoms with Crippen LogP contribution in [0, 0.1) is 6.92 Å². The second-order valence-corrected chi connectivity index (χ2v) is 9.62. The Morgan fingerprint density at radius 1 is 1.21 bits per heavy atom. The number of hydrogen-bond donors (Lipinski definition) is 1. The SMILES string of the molecule is CC[C@H](c1nnnn1C1CCCC1)N(Cc1cc2cc(C)ccc2[nH]c1=O)C[C@@H]1CCCO1. The number of H-pyrrole nitrogens is 1. The fourth-order valence-corrected chi connectivity index (χ4v) is 5.49. The number of aryl methyl sites for hydroxylation is 1. The van der Waals surface area contributed by atoms with E-state index in [-0.39, 0.29) is 17.7 Å². The Hall–Kier alpha value is -2.58. The third-order valence-electron chi connectivity index (χ3n) is 7.23. The molecule has 1 aliphatic carbocycles. The van der Waals surface area contributed by atoms with Gasteiger partial charge in [-0.25, -0.2) is 4.68 Å². The number of benzene rings is 1. The first kappa shape index (κ1) is 22.2. The fourth-order valence-electron chi connectivity index (χ4n) is 5.49. The summed E-state index contributed by atoms with van der Waals surface area (Å²) in [4.78, 5) is 18.4. The number of nitrogens with zero attached hydrogens (tertiary/aromatic N) is 5. The lowest BCUT2D eigenvalue weighted by Crippen LogP contribution is -2.38. The zero-order valence-corrected chi connectivity index (χ0v) is 19.7. The highest BCUT2D eigenvalue weighted by Gasteiger charge is 2.31. The summed E-state index contributed by atoms with van der Waals surface area (Å²) in [5.74, 6) is 0.912. The molecule has 1 aliphatic heterocycles. The van der Waals surface area contributed by atoms with Crippen LogP contribution in [0.3, 0.4) is 0 Å². The average Bonchev–Trinajstić information content (AvgIpc) is 3.58. The van der Waals surface area contributed by atoms with Gasteiger partial charge in [-0.1, -0.05) is 31.4 Å². The maximum atomic E-state index is 13.0. The second-order valence-electron chi connectivity index (χ2n) is 9.62. The monoisotopic (exact) mass is 450 g/mol. The third kappa shape index (κ3) is 4.73. The summed E-state index contributed by atoms with van der Waals surface area (Å²) in [6.45, 7) is 6.36. The van der Waals surface area contributed by atoms with Gasteiger partial charge in [0.1, 0.15) is 0 Å². The molecule has 1 aromatic carbocycles. The van der Waals surface area contributed by atoms with E-state index in [1.54, 1.807) is 0 Å². The molecular weight excluding hydrogens is 416 g/mol. The Bertz CT molecular complexity index is 1140. The second kappa shape index (κ2) is 9.73. The van der Waals surface area contributed by atoms with Crippen molar-refractivity contribution in [3.05, 3.63) is 51.6 Å². The number of tetrazole rings is 1. The van der Waals surface area contributed by atoms with Crippen LogP contribution in [0.2, 0.25) is 0 Å². The molecule has 0 spiro atoms. The minimum Gasteiger partial charge on any atom is -0.377 e. The van der Waals surface area contributed by atoms with Gasteiger partial charge < -0.3 is 9.72 Å². The van der Waals surface area contributed by atoms with Crippen molar-refractivity contribution in [2.24, 2.45) is 0 Å². The fraction of sp³-hybridized carbons (Fsp3) is 0.600. The highest BCUT2D eigenvalue weighted by Crippen LogP contribution is 2.33. The molecule has 0 radical (unpaired) electrons. The minimum atomic E-state index is -0.0334. The predicted molar refractivity (Wildman–Crippen MR) is 127 cm³/mol. The number of pyridine rings is 1. The van der Waals surface area contributed by atoms with Crippen molar-refractivity contribution in [1.29, 1.82) is 0 Å². The maximum absolute atomic E-state index is 13.0. The lowest BCUT2D eigenvalue weighted by atomic mass is 10.1. The van der Waals surface area contributed by atoms with Crippen molar-refractivity contribution in [1.82, 2.24) is 30.1 Å². The van der Waals surface area contributed by atoms with Gasteiger partial charge in [0, 0.05) is 30.8 Å². The molecule has 2 aromatic heterocycles. The van der Waals surface area contributed by atoms with E-state index in [1.807, 2.05) is 18.2 Å². The maximum Gasteiger partial charge on any atom is 0.252 e. The standard InChI is InChI=1S/C25H34N6O2/c1-3-23(24-27-28-29-31(24)20-7-4-5-8-20)30(16-21-9-6-12-33-21)15-19-14-18-13-17(2)10-11-22(18)26-25(19)32/h10-11,13-14,20-21,23H,3-9,12,15-16H2,1-2H3,(H,26,32)/t21-,23+/m0/s1. The molecule has 5 rings (SSSR count). The molecule has 0 amide bonds. The normalized spacial score (nSPS) is 20.3. The number of nitrogens with one attached hydrogen (secondary N) is 1. The Balaban J connectivity index is 1.49. The van der Waals surface area contributed by atoms with Crippen molar-refractivity contribution in [3.8, 4) is 0 Å². The van der Waals surface area contributed by atoms with Crippen LogP contribution in [0.1, 0.15) is 80.9 Å². The third-order valence-corrected chi connectivity index (χ3v) is 7.23. The number of rotatable bonds is 8. The van der Waals surface area contributed by atoms with Gasteiger partial charge in [-0.05, 0) is 73.0 Å². The first-order chi connectivity index (χ1) is 16.1. The Morgan fingerprint density at radius 2 is 2.06 bits per heavy atom. The summed E-state index contributed by atoms with van der Waals surface area (Å²) in [5, 5.41) is 14.0. The summed E-state index contributed by atoms with van der Waals surface area (Å²) in [6, 6.07) is 8.56. The van der Waals surface area contributed by atoms with Crippen LogP contribution in [0.5, 0.6) is 0 Å². The van der Waals surface area contributed by atoms with Crippen LogP contribution in [-0.2, 0) is 11.3 Å². The average molecular weight is 451 g/mol. The van der Waals surface area contributed by atoms with Crippen LogP contribution in [0.4, 0.5) is 0 Å². The van der Waals surface area contributed by atoms with Crippen molar-refractivity contribution >= 4 is 10.9 Å². The van der Waals surface area contributed by atoms with Gasteiger partial charge in [0.2, 0.25) is 0 Å². The van der Waals surface area contributed by atoms with Crippen LogP contribution < -0.4 is 5.56 Å². The van der Waals surface area contributed by atoms with Gasteiger partial charge >= 0.3 is 0 Å². The van der Waals surface area contributed by atoms with Gasteiger partial charge in [0.05, 0.1) is 18.2 Å². The summed E-state index contributed by atoms with van der Waals surface area (Å²) >= 11 is 0.